The number of hydrazine groups is 1. The molecule has 0 bridgehead atoms. The van der Waals surface area contributed by atoms with E-state index in [0.717, 1.165) is 49.4 Å². The summed E-state index contributed by atoms with van der Waals surface area (Å²) in [7, 11) is 0. The minimum atomic E-state index is -0.391. The number of ether oxygens (including phenoxy) is 1. The lowest BCUT2D eigenvalue weighted by Crippen LogP contribution is -2.32. The van der Waals surface area contributed by atoms with E-state index in [4.69, 9.17) is 15.6 Å². The molecule has 0 atom stereocenters. The average Bonchev–Trinajstić information content (AvgIpc) is 2.92. The van der Waals surface area contributed by atoms with Crippen LogP contribution in [0.15, 0.2) is 0 Å². The van der Waals surface area contributed by atoms with Crippen LogP contribution in [0.4, 0.5) is 5.82 Å². The van der Waals surface area contributed by atoms with Crippen molar-refractivity contribution in [3.8, 4) is 0 Å². The van der Waals surface area contributed by atoms with E-state index in [0.29, 0.717) is 6.61 Å². The van der Waals surface area contributed by atoms with Crippen LogP contribution in [-0.2, 0) is 23.2 Å². The molecule has 0 fully saturated rings. The first-order valence-electron chi connectivity index (χ1n) is 7.21. The van der Waals surface area contributed by atoms with Gasteiger partial charge in [0.2, 0.25) is 0 Å². The SMILES string of the molecule is CCOC(CC)(CC)c1nc2c(c(NN)n1)CCC2. The van der Waals surface area contributed by atoms with Crippen LogP contribution in [0.25, 0.3) is 0 Å². The lowest BCUT2D eigenvalue weighted by atomic mass is 9.95. The van der Waals surface area contributed by atoms with Crippen molar-refractivity contribution in [2.75, 3.05) is 12.0 Å². The van der Waals surface area contributed by atoms with Gasteiger partial charge in [-0.3, -0.25) is 0 Å². The van der Waals surface area contributed by atoms with Gasteiger partial charge in [0.05, 0.1) is 0 Å². The van der Waals surface area contributed by atoms with E-state index in [1.54, 1.807) is 0 Å². The van der Waals surface area contributed by atoms with Crippen molar-refractivity contribution in [3.05, 3.63) is 17.1 Å². The molecule has 5 heteroatoms. The van der Waals surface area contributed by atoms with Crippen LogP contribution in [0.1, 0.15) is 57.1 Å². The summed E-state index contributed by atoms with van der Waals surface area (Å²) in [4.78, 5) is 9.39. The Labute approximate surface area is 114 Å². The van der Waals surface area contributed by atoms with Gasteiger partial charge >= 0.3 is 0 Å². The zero-order chi connectivity index (χ0) is 13.9. The first-order valence-corrected chi connectivity index (χ1v) is 7.21. The lowest BCUT2D eigenvalue weighted by Gasteiger charge is -2.30. The number of nitrogens with two attached hydrogens (primary N) is 1. The number of aryl methyl sites for hydroxylation is 1. The fourth-order valence-corrected chi connectivity index (χ4v) is 2.87. The number of anilines is 1. The van der Waals surface area contributed by atoms with Crippen LogP contribution < -0.4 is 11.3 Å². The number of nitrogens with zero attached hydrogens (tertiary/aromatic N) is 2. The summed E-state index contributed by atoms with van der Waals surface area (Å²) < 4.78 is 5.98. The van der Waals surface area contributed by atoms with E-state index in [1.165, 1.54) is 5.56 Å². The summed E-state index contributed by atoms with van der Waals surface area (Å²) in [6.45, 7) is 6.90. The molecule has 0 aliphatic heterocycles. The molecule has 0 spiro atoms. The van der Waals surface area contributed by atoms with E-state index < -0.39 is 5.60 Å². The first kappa shape index (κ1) is 14.2. The van der Waals surface area contributed by atoms with Crippen molar-refractivity contribution in [2.45, 2.75) is 58.5 Å². The molecule has 0 amide bonds. The summed E-state index contributed by atoms with van der Waals surface area (Å²) in [5, 5.41) is 0. The van der Waals surface area contributed by atoms with E-state index in [1.807, 2.05) is 6.92 Å². The average molecular weight is 264 g/mol. The molecule has 106 valence electrons. The van der Waals surface area contributed by atoms with Gasteiger partial charge in [-0.2, -0.15) is 0 Å². The predicted molar refractivity (Wildman–Crippen MR) is 75.8 cm³/mol. The fraction of sp³-hybridized carbons (Fsp3) is 0.714. The van der Waals surface area contributed by atoms with Gasteiger partial charge in [0, 0.05) is 17.9 Å². The predicted octanol–water partition coefficient (Wildman–Crippen LogP) is 2.30. The van der Waals surface area contributed by atoms with Gasteiger partial charge in [-0.15, -0.1) is 0 Å². The van der Waals surface area contributed by atoms with Gasteiger partial charge in [0.1, 0.15) is 11.4 Å². The molecule has 3 N–H and O–H groups in total. The summed E-state index contributed by atoms with van der Waals surface area (Å²) >= 11 is 0. The summed E-state index contributed by atoms with van der Waals surface area (Å²) in [6.07, 6.45) is 4.87. The van der Waals surface area contributed by atoms with Crippen molar-refractivity contribution in [1.29, 1.82) is 0 Å². The minimum absolute atomic E-state index is 0.391. The Bertz CT molecular complexity index is 443. The molecule has 0 aromatic carbocycles. The van der Waals surface area contributed by atoms with Crippen molar-refractivity contribution in [3.63, 3.8) is 0 Å². The molecule has 0 saturated carbocycles. The van der Waals surface area contributed by atoms with E-state index in [-0.39, 0.29) is 0 Å². The third-order valence-electron chi connectivity index (χ3n) is 4.04. The summed E-state index contributed by atoms with van der Waals surface area (Å²) in [5.74, 6) is 7.15. The highest BCUT2D eigenvalue weighted by atomic mass is 16.5. The molecule has 1 aliphatic carbocycles. The lowest BCUT2D eigenvalue weighted by molar-refractivity contribution is -0.0571. The second-order valence-corrected chi connectivity index (χ2v) is 4.95. The van der Waals surface area contributed by atoms with Gasteiger partial charge in [-0.1, -0.05) is 13.8 Å². The quantitative estimate of drug-likeness (QED) is 0.609. The molecule has 0 unspecified atom stereocenters. The number of nitrogens with one attached hydrogen (secondary N) is 1. The number of fused-ring (bicyclic) bond motifs is 1. The minimum Gasteiger partial charge on any atom is -0.367 e. The third-order valence-corrected chi connectivity index (χ3v) is 4.04. The highest BCUT2D eigenvalue weighted by Crippen LogP contribution is 2.34. The Morgan fingerprint density at radius 3 is 2.53 bits per heavy atom. The maximum absolute atomic E-state index is 5.98. The third kappa shape index (κ3) is 2.44. The standard InChI is InChI=1S/C14H24N4O/c1-4-14(5-2,19-6-3)13-16-11-9-7-8-10(11)12(17-13)18-15/h4-9,15H2,1-3H3,(H,16,17,18). The Morgan fingerprint density at radius 2 is 1.95 bits per heavy atom. The second kappa shape index (κ2) is 5.84. The molecule has 2 rings (SSSR count). The van der Waals surface area contributed by atoms with Crippen molar-refractivity contribution in [1.82, 2.24) is 9.97 Å². The van der Waals surface area contributed by atoms with Crippen LogP contribution in [0.3, 0.4) is 0 Å². The molecule has 1 heterocycles. The van der Waals surface area contributed by atoms with Crippen LogP contribution in [0, 0.1) is 0 Å². The maximum Gasteiger partial charge on any atom is 0.162 e. The molecular formula is C14H24N4O. The Balaban J connectivity index is 2.49. The Hall–Kier alpha value is -1.20. The van der Waals surface area contributed by atoms with Crippen LogP contribution in [0.2, 0.25) is 0 Å². The number of nitrogen functional groups attached to an aromatic ring is 1. The van der Waals surface area contributed by atoms with Crippen molar-refractivity contribution < 1.29 is 4.74 Å². The van der Waals surface area contributed by atoms with Crippen molar-refractivity contribution in [2.24, 2.45) is 5.84 Å². The zero-order valence-corrected chi connectivity index (χ0v) is 12.1. The number of hydrogen-bond donors (Lipinski definition) is 2. The fourth-order valence-electron chi connectivity index (χ4n) is 2.87. The highest BCUT2D eigenvalue weighted by molar-refractivity contribution is 5.48. The summed E-state index contributed by atoms with van der Waals surface area (Å²) in [5.41, 5.74) is 4.63. The maximum atomic E-state index is 5.98. The normalized spacial score (nSPS) is 14.5. The zero-order valence-electron chi connectivity index (χ0n) is 12.1. The van der Waals surface area contributed by atoms with Gasteiger partial charge < -0.3 is 10.2 Å². The topological polar surface area (TPSA) is 73.1 Å². The van der Waals surface area contributed by atoms with Gasteiger partial charge in [0.15, 0.2) is 5.82 Å². The monoisotopic (exact) mass is 264 g/mol. The molecule has 0 saturated heterocycles. The van der Waals surface area contributed by atoms with E-state index >= 15 is 0 Å². The van der Waals surface area contributed by atoms with Crippen LogP contribution >= 0.6 is 0 Å². The van der Waals surface area contributed by atoms with E-state index in [2.05, 4.69) is 24.3 Å². The highest BCUT2D eigenvalue weighted by Gasteiger charge is 2.34. The molecule has 1 aromatic heterocycles. The molecule has 19 heavy (non-hydrogen) atoms. The number of aromatic nitrogens is 2. The van der Waals surface area contributed by atoms with Gasteiger partial charge in [-0.25, -0.2) is 15.8 Å². The van der Waals surface area contributed by atoms with Crippen LogP contribution in [0.5, 0.6) is 0 Å². The van der Waals surface area contributed by atoms with Gasteiger partial charge in [-0.05, 0) is 39.0 Å². The molecular weight excluding hydrogens is 240 g/mol. The van der Waals surface area contributed by atoms with Crippen LogP contribution in [-0.4, -0.2) is 16.6 Å². The summed E-state index contributed by atoms with van der Waals surface area (Å²) in [6, 6.07) is 0. The number of hydrogen-bond acceptors (Lipinski definition) is 5. The smallest absolute Gasteiger partial charge is 0.162 e. The van der Waals surface area contributed by atoms with E-state index in [9.17, 15) is 0 Å². The molecule has 1 aliphatic rings. The molecule has 5 nitrogen and oxygen atoms in total. The van der Waals surface area contributed by atoms with Crippen molar-refractivity contribution >= 4 is 5.82 Å². The second-order valence-electron chi connectivity index (χ2n) is 4.95. The largest absolute Gasteiger partial charge is 0.367 e. The number of rotatable bonds is 6. The Morgan fingerprint density at radius 1 is 1.21 bits per heavy atom. The molecule has 0 radical (unpaired) electrons. The first-order chi connectivity index (χ1) is 9.20. The molecule has 1 aromatic rings. The Kier molecular flexibility index (Phi) is 4.37. The van der Waals surface area contributed by atoms with Gasteiger partial charge in [0.25, 0.3) is 0 Å².